The van der Waals surface area contributed by atoms with Gasteiger partial charge in [-0.2, -0.15) is 0 Å². The number of nitrogens with one attached hydrogen (secondary N) is 3. The zero-order valence-corrected chi connectivity index (χ0v) is 17.7. The molecule has 1 saturated heterocycles. The van der Waals surface area contributed by atoms with E-state index in [2.05, 4.69) is 28.9 Å². The van der Waals surface area contributed by atoms with E-state index in [9.17, 15) is 14.4 Å². The fourth-order valence-electron chi connectivity index (χ4n) is 4.24. The van der Waals surface area contributed by atoms with Crippen LogP contribution in [0.4, 0.5) is 5.69 Å². The van der Waals surface area contributed by atoms with Crippen molar-refractivity contribution in [2.24, 2.45) is 11.8 Å². The summed E-state index contributed by atoms with van der Waals surface area (Å²) in [6, 6.07) is 5.84. The normalized spacial score (nSPS) is 22.7. The van der Waals surface area contributed by atoms with E-state index in [1.807, 2.05) is 26.0 Å². The average molecular weight is 401 g/mol. The summed E-state index contributed by atoms with van der Waals surface area (Å²) in [6.45, 7) is 6.66. The Bertz CT molecular complexity index is 792. The third-order valence-corrected chi connectivity index (χ3v) is 5.95. The summed E-state index contributed by atoms with van der Waals surface area (Å²) in [5.74, 6) is -0.487. The molecule has 1 fully saturated rings. The fourth-order valence-corrected chi connectivity index (χ4v) is 4.24. The lowest BCUT2D eigenvalue weighted by molar-refractivity contribution is -0.149. The second kappa shape index (κ2) is 8.95. The molecule has 0 saturated carbocycles. The van der Waals surface area contributed by atoms with Crippen LogP contribution in [0.1, 0.15) is 57.2 Å². The molecule has 0 radical (unpaired) electrons. The molecule has 2 heterocycles. The Morgan fingerprint density at radius 2 is 1.97 bits per heavy atom. The second-order valence-electron chi connectivity index (χ2n) is 8.60. The number of rotatable bonds is 4. The molecule has 29 heavy (non-hydrogen) atoms. The Morgan fingerprint density at radius 3 is 2.66 bits per heavy atom. The van der Waals surface area contributed by atoms with Gasteiger partial charge in [0.15, 0.2) is 0 Å². The van der Waals surface area contributed by atoms with Crippen LogP contribution < -0.4 is 16.0 Å². The van der Waals surface area contributed by atoms with E-state index >= 15 is 0 Å². The van der Waals surface area contributed by atoms with Crippen molar-refractivity contribution in [3.05, 3.63) is 29.3 Å². The molecule has 0 aliphatic carbocycles. The maximum atomic E-state index is 13.1. The molecule has 0 bridgehead atoms. The molecule has 1 aromatic rings. The minimum absolute atomic E-state index is 0.0365. The molecule has 3 atom stereocenters. The molecule has 3 amide bonds. The molecule has 3 rings (SSSR count). The average Bonchev–Trinajstić information content (AvgIpc) is 2.70. The van der Waals surface area contributed by atoms with Gasteiger partial charge in [0.2, 0.25) is 5.91 Å². The van der Waals surface area contributed by atoms with E-state index < -0.39 is 11.8 Å². The zero-order valence-electron chi connectivity index (χ0n) is 17.7. The van der Waals surface area contributed by atoms with Crippen LogP contribution in [-0.4, -0.2) is 42.4 Å². The first-order chi connectivity index (χ1) is 13.8. The van der Waals surface area contributed by atoms with E-state index in [1.165, 1.54) is 0 Å². The van der Waals surface area contributed by atoms with Crippen molar-refractivity contribution in [1.29, 1.82) is 0 Å². The summed E-state index contributed by atoms with van der Waals surface area (Å²) in [5.41, 5.74) is 2.97. The summed E-state index contributed by atoms with van der Waals surface area (Å²) in [4.78, 5) is 39.1. The first kappa shape index (κ1) is 21.3. The number of likely N-dealkylation sites (tertiary alicyclic amines) is 1. The maximum absolute atomic E-state index is 13.1. The number of anilines is 1. The van der Waals surface area contributed by atoms with E-state index in [0.717, 1.165) is 29.7 Å². The van der Waals surface area contributed by atoms with Crippen LogP contribution in [0.3, 0.4) is 0 Å². The van der Waals surface area contributed by atoms with Crippen molar-refractivity contribution in [2.45, 2.75) is 58.7 Å². The molecule has 2 aliphatic rings. The van der Waals surface area contributed by atoms with Gasteiger partial charge in [-0.25, -0.2) is 0 Å². The molecule has 0 aromatic heterocycles. The largest absolute Gasteiger partial charge is 0.332 e. The van der Waals surface area contributed by atoms with E-state index in [-0.39, 0.29) is 24.0 Å². The number of piperidine rings is 1. The van der Waals surface area contributed by atoms with Gasteiger partial charge in [0.1, 0.15) is 0 Å². The van der Waals surface area contributed by atoms with Gasteiger partial charge < -0.3 is 20.9 Å². The molecule has 2 aliphatic heterocycles. The molecule has 0 spiro atoms. The summed E-state index contributed by atoms with van der Waals surface area (Å²) in [6.07, 6.45) is 2.76. The number of carbonyl (C=O) groups is 3. The smallest absolute Gasteiger partial charge is 0.312 e. The van der Waals surface area contributed by atoms with Crippen LogP contribution in [0, 0.1) is 11.8 Å². The summed E-state index contributed by atoms with van der Waals surface area (Å²) < 4.78 is 0. The van der Waals surface area contributed by atoms with Gasteiger partial charge in [0.25, 0.3) is 0 Å². The molecular formula is C22H32N4O3. The third-order valence-electron chi connectivity index (χ3n) is 5.95. The third kappa shape index (κ3) is 4.78. The minimum atomic E-state index is -0.567. The summed E-state index contributed by atoms with van der Waals surface area (Å²) in [5, 5.41) is 8.76. The van der Waals surface area contributed by atoms with Crippen LogP contribution in [0.5, 0.6) is 0 Å². The second-order valence-corrected chi connectivity index (χ2v) is 8.60. The molecule has 158 valence electrons. The molecule has 0 unspecified atom stereocenters. The summed E-state index contributed by atoms with van der Waals surface area (Å²) >= 11 is 0. The van der Waals surface area contributed by atoms with Gasteiger partial charge in [-0.05, 0) is 55.3 Å². The van der Waals surface area contributed by atoms with Crippen LogP contribution in [0.2, 0.25) is 0 Å². The minimum Gasteiger partial charge on any atom is -0.332 e. The molecule has 7 heteroatoms. The van der Waals surface area contributed by atoms with Gasteiger partial charge in [-0.15, -0.1) is 0 Å². The lowest BCUT2D eigenvalue weighted by atomic mass is 9.88. The molecule has 3 N–H and O–H groups in total. The maximum Gasteiger partial charge on any atom is 0.312 e. The Kier molecular flexibility index (Phi) is 6.57. The van der Waals surface area contributed by atoms with Crippen molar-refractivity contribution < 1.29 is 14.4 Å². The van der Waals surface area contributed by atoms with Crippen LogP contribution >= 0.6 is 0 Å². The first-order valence-corrected chi connectivity index (χ1v) is 10.5. The highest BCUT2D eigenvalue weighted by molar-refractivity contribution is 6.35. The number of amides is 3. The van der Waals surface area contributed by atoms with Gasteiger partial charge >= 0.3 is 11.8 Å². The van der Waals surface area contributed by atoms with Crippen LogP contribution in [-0.2, 0) is 20.8 Å². The fraction of sp³-hybridized carbons (Fsp3) is 0.591. The Balaban J connectivity index is 1.81. The predicted molar refractivity (Wildman–Crippen MR) is 112 cm³/mol. The van der Waals surface area contributed by atoms with Crippen molar-refractivity contribution in [1.82, 2.24) is 15.5 Å². The molecular weight excluding hydrogens is 368 g/mol. The predicted octanol–water partition coefficient (Wildman–Crippen LogP) is 2.19. The highest BCUT2D eigenvalue weighted by Gasteiger charge is 2.35. The number of nitrogens with zero attached hydrogens (tertiary/aromatic N) is 1. The Morgan fingerprint density at radius 1 is 1.21 bits per heavy atom. The topological polar surface area (TPSA) is 90.5 Å². The number of hydrogen-bond donors (Lipinski definition) is 3. The molecule has 7 nitrogen and oxygen atoms in total. The highest BCUT2D eigenvalue weighted by Crippen LogP contribution is 2.35. The number of aryl methyl sites for hydroxylation is 1. The van der Waals surface area contributed by atoms with Crippen LogP contribution in [0.25, 0.3) is 0 Å². The van der Waals surface area contributed by atoms with Gasteiger partial charge in [-0.1, -0.05) is 32.9 Å². The number of carbonyl (C=O) groups excluding carboxylic acids is 3. The number of hydrogen-bond acceptors (Lipinski definition) is 4. The Labute approximate surface area is 172 Å². The number of benzene rings is 1. The number of fused-ring (bicyclic) bond motifs is 1. The highest BCUT2D eigenvalue weighted by atomic mass is 16.2. The van der Waals surface area contributed by atoms with E-state index in [1.54, 1.807) is 11.9 Å². The van der Waals surface area contributed by atoms with Crippen molar-refractivity contribution in [2.75, 3.05) is 18.9 Å². The van der Waals surface area contributed by atoms with E-state index in [0.29, 0.717) is 25.3 Å². The monoisotopic (exact) mass is 400 g/mol. The Hall–Kier alpha value is -2.41. The van der Waals surface area contributed by atoms with Crippen LogP contribution in [0.15, 0.2) is 18.2 Å². The lowest BCUT2D eigenvalue weighted by Gasteiger charge is -2.39. The van der Waals surface area contributed by atoms with Gasteiger partial charge in [-0.3, -0.25) is 14.4 Å². The zero-order chi connectivity index (χ0) is 21.1. The van der Waals surface area contributed by atoms with Crippen molar-refractivity contribution in [3.8, 4) is 0 Å². The quantitative estimate of drug-likeness (QED) is 0.534. The van der Waals surface area contributed by atoms with E-state index in [4.69, 9.17) is 0 Å². The van der Waals surface area contributed by atoms with Gasteiger partial charge in [0.05, 0.1) is 12.2 Å². The van der Waals surface area contributed by atoms with Crippen molar-refractivity contribution in [3.63, 3.8) is 0 Å². The SMILES string of the molecule is CN[C@@H](NC(=O)C(=O)N1C[C@@H](C)CC[C@@H]1c1ccc2c(c1)CCC(=O)N2)C(C)C. The lowest BCUT2D eigenvalue weighted by Crippen LogP contribution is -2.54. The van der Waals surface area contributed by atoms with Gasteiger partial charge in [0, 0.05) is 18.7 Å². The molecule has 1 aromatic carbocycles. The standard InChI is InChI=1S/C22H32N4O3/c1-13(2)20(23-4)25-21(28)22(29)26-12-14(3)5-9-18(26)16-6-8-17-15(11-16)7-10-19(27)24-17/h6,8,11,13-14,18,20,23H,5,7,9-10,12H2,1-4H3,(H,24,27)(H,25,28)/t14-,18+,20-/m0/s1. The van der Waals surface area contributed by atoms with Crippen molar-refractivity contribution >= 4 is 23.4 Å². The summed E-state index contributed by atoms with van der Waals surface area (Å²) in [7, 11) is 1.77. The first-order valence-electron chi connectivity index (χ1n) is 10.5.